The normalized spacial score (nSPS) is 20.3. The molecule has 1 amide bonds. The molecule has 1 aromatic carbocycles. The Kier molecular flexibility index (Phi) is 6.78. The first kappa shape index (κ1) is 19.2. The third-order valence-electron chi connectivity index (χ3n) is 4.40. The zero-order chi connectivity index (χ0) is 18.3. The zero-order valence-corrected chi connectivity index (χ0v) is 14.7. The third-order valence-corrected chi connectivity index (χ3v) is 4.40. The molecule has 1 aromatic rings. The van der Waals surface area contributed by atoms with Gasteiger partial charge in [0.05, 0.1) is 18.8 Å². The maximum absolute atomic E-state index is 12.9. The SMILES string of the molecule is COCCOc1ccccc1C(=O)N1CCCC(COC)(C(=O)O)C1. The Morgan fingerprint density at radius 2 is 1.96 bits per heavy atom. The summed E-state index contributed by atoms with van der Waals surface area (Å²) in [6.07, 6.45) is 1.11. The highest BCUT2D eigenvalue weighted by atomic mass is 16.5. The number of carbonyl (C=O) groups excluding carboxylic acids is 1. The standard InChI is InChI=1S/C18H25NO6/c1-23-10-11-25-15-7-4-3-6-14(15)16(20)19-9-5-8-18(12-19,13-24-2)17(21)22/h3-4,6-7H,5,8-13H2,1-2H3,(H,21,22). The first-order valence-electron chi connectivity index (χ1n) is 8.26. The molecule has 1 fully saturated rings. The number of carboxylic acid groups (broad SMARTS) is 1. The highest BCUT2D eigenvalue weighted by molar-refractivity contribution is 5.97. The topological polar surface area (TPSA) is 85.3 Å². The minimum absolute atomic E-state index is 0.0814. The van der Waals surface area contributed by atoms with Gasteiger partial charge in [-0.3, -0.25) is 9.59 Å². The molecule has 0 aromatic heterocycles. The fourth-order valence-electron chi connectivity index (χ4n) is 3.11. The lowest BCUT2D eigenvalue weighted by Gasteiger charge is -2.39. The summed E-state index contributed by atoms with van der Waals surface area (Å²) in [7, 11) is 3.06. The van der Waals surface area contributed by atoms with E-state index in [4.69, 9.17) is 14.2 Å². The highest BCUT2D eigenvalue weighted by Crippen LogP contribution is 2.32. The van der Waals surface area contributed by atoms with Crippen LogP contribution in [-0.4, -0.2) is 69.0 Å². The van der Waals surface area contributed by atoms with Crippen molar-refractivity contribution in [1.29, 1.82) is 0 Å². The molecule has 1 unspecified atom stereocenters. The average Bonchev–Trinajstić information content (AvgIpc) is 2.62. The molecule has 7 heteroatoms. The van der Waals surface area contributed by atoms with Crippen molar-refractivity contribution in [3.8, 4) is 5.75 Å². The number of carboxylic acids is 1. The summed E-state index contributed by atoms with van der Waals surface area (Å²) < 4.78 is 15.7. The third kappa shape index (κ3) is 4.49. The van der Waals surface area contributed by atoms with Crippen molar-refractivity contribution in [2.75, 3.05) is 47.1 Å². The van der Waals surface area contributed by atoms with E-state index in [9.17, 15) is 14.7 Å². The van der Waals surface area contributed by atoms with Gasteiger partial charge in [-0.25, -0.2) is 0 Å². The predicted octanol–water partition coefficient (Wildman–Crippen LogP) is 1.67. The minimum Gasteiger partial charge on any atom is -0.490 e. The monoisotopic (exact) mass is 351 g/mol. The zero-order valence-electron chi connectivity index (χ0n) is 14.7. The van der Waals surface area contributed by atoms with E-state index in [1.165, 1.54) is 7.11 Å². The van der Waals surface area contributed by atoms with Crippen LogP contribution in [0.5, 0.6) is 5.75 Å². The van der Waals surface area contributed by atoms with Crippen LogP contribution in [-0.2, 0) is 14.3 Å². The quantitative estimate of drug-likeness (QED) is 0.717. The Labute approximate surface area is 147 Å². The van der Waals surface area contributed by atoms with E-state index in [2.05, 4.69) is 0 Å². The van der Waals surface area contributed by atoms with E-state index < -0.39 is 11.4 Å². The van der Waals surface area contributed by atoms with Gasteiger partial charge in [0.25, 0.3) is 5.91 Å². The summed E-state index contributed by atoms with van der Waals surface area (Å²) in [6.45, 7) is 1.48. The number of amides is 1. The van der Waals surface area contributed by atoms with Gasteiger partial charge in [0.2, 0.25) is 0 Å². The fourth-order valence-corrected chi connectivity index (χ4v) is 3.11. The Morgan fingerprint density at radius 1 is 1.20 bits per heavy atom. The first-order valence-corrected chi connectivity index (χ1v) is 8.26. The number of nitrogens with zero attached hydrogens (tertiary/aromatic N) is 1. The molecule has 0 saturated carbocycles. The Balaban J connectivity index is 2.18. The molecule has 1 aliphatic rings. The second kappa shape index (κ2) is 8.82. The molecule has 7 nitrogen and oxygen atoms in total. The molecule has 1 atom stereocenters. The maximum Gasteiger partial charge on any atom is 0.313 e. The van der Waals surface area contributed by atoms with Crippen molar-refractivity contribution in [3.63, 3.8) is 0 Å². The Hall–Kier alpha value is -2.12. The molecule has 0 bridgehead atoms. The number of carbonyl (C=O) groups is 2. The summed E-state index contributed by atoms with van der Waals surface area (Å²) >= 11 is 0. The van der Waals surface area contributed by atoms with E-state index in [0.29, 0.717) is 43.9 Å². The molecule has 25 heavy (non-hydrogen) atoms. The van der Waals surface area contributed by atoms with Gasteiger partial charge < -0.3 is 24.2 Å². The van der Waals surface area contributed by atoms with Gasteiger partial charge in [0.15, 0.2) is 0 Å². The number of hydrogen-bond donors (Lipinski definition) is 1. The number of benzene rings is 1. The molecular formula is C18H25NO6. The van der Waals surface area contributed by atoms with Gasteiger partial charge >= 0.3 is 5.97 Å². The van der Waals surface area contributed by atoms with E-state index in [1.807, 2.05) is 0 Å². The lowest BCUT2D eigenvalue weighted by atomic mass is 9.80. The predicted molar refractivity (Wildman–Crippen MR) is 90.9 cm³/mol. The van der Waals surface area contributed by atoms with Gasteiger partial charge in [-0.1, -0.05) is 12.1 Å². The molecule has 1 aliphatic heterocycles. The number of hydrogen-bond acceptors (Lipinski definition) is 5. The van der Waals surface area contributed by atoms with Gasteiger partial charge in [-0.05, 0) is 25.0 Å². The summed E-state index contributed by atoms with van der Waals surface area (Å²) in [5.74, 6) is -0.686. The Morgan fingerprint density at radius 3 is 2.64 bits per heavy atom. The van der Waals surface area contributed by atoms with E-state index >= 15 is 0 Å². The van der Waals surface area contributed by atoms with Gasteiger partial charge in [-0.2, -0.15) is 0 Å². The van der Waals surface area contributed by atoms with Gasteiger partial charge in [0, 0.05) is 27.3 Å². The number of likely N-dealkylation sites (tertiary alicyclic amines) is 1. The van der Waals surface area contributed by atoms with Crippen molar-refractivity contribution in [2.24, 2.45) is 5.41 Å². The number of piperidine rings is 1. The van der Waals surface area contributed by atoms with Crippen LogP contribution >= 0.6 is 0 Å². The van der Waals surface area contributed by atoms with Crippen LogP contribution in [0.2, 0.25) is 0 Å². The Bertz CT molecular complexity index is 601. The van der Waals surface area contributed by atoms with Crippen molar-refractivity contribution in [2.45, 2.75) is 12.8 Å². The summed E-state index contributed by atoms with van der Waals surface area (Å²) in [4.78, 5) is 26.3. The van der Waals surface area contributed by atoms with Gasteiger partial charge in [-0.15, -0.1) is 0 Å². The summed E-state index contributed by atoms with van der Waals surface area (Å²) in [5, 5.41) is 9.63. The van der Waals surface area contributed by atoms with E-state index in [1.54, 1.807) is 36.3 Å². The molecule has 1 heterocycles. The number of para-hydroxylation sites is 1. The number of rotatable bonds is 8. The number of aliphatic carboxylic acids is 1. The van der Waals surface area contributed by atoms with Crippen LogP contribution in [0.1, 0.15) is 23.2 Å². The molecule has 1 saturated heterocycles. The van der Waals surface area contributed by atoms with Crippen LogP contribution in [0.25, 0.3) is 0 Å². The molecule has 138 valence electrons. The molecule has 0 spiro atoms. The second-order valence-electron chi connectivity index (χ2n) is 6.19. The maximum atomic E-state index is 12.9. The van der Waals surface area contributed by atoms with Gasteiger partial charge in [0.1, 0.15) is 17.8 Å². The van der Waals surface area contributed by atoms with Crippen LogP contribution in [0, 0.1) is 5.41 Å². The van der Waals surface area contributed by atoms with Crippen molar-refractivity contribution >= 4 is 11.9 Å². The fraction of sp³-hybridized carbons (Fsp3) is 0.556. The highest BCUT2D eigenvalue weighted by Gasteiger charge is 2.44. The summed E-state index contributed by atoms with van der Waals surface area (Å²) in [5.41, 5.74) is -0.633. The van der Waals surface area contributed by atoms with Crippen LogP contribution < -0.4 is 4.74 Å². The van der Waals surface area contributed by atoms with Crippen LogP contribution in [0.15, 0.2) is 24.3 Å². The largest absolute Gasteiger partial charge is 0.490 e. The molecule has 1 N–H and O–H groups in total. The first-order chi connectivity index (χ1) is 12.0. The number of methoxy groups -OCH3 is 2. The average molecular weight is 351 g/mol. The van der Waals surface area contributed by atoms with Crippen molar-refractivity contribution in [3.05, 3.63) is 29.8 Å². The lowest BCUT2D eigenvalue weighted by Crippen LogP contribution is -2.52. The molecule has 0 aliphatic carbocycles. The molecule has 2 rings (SSSR count). The smallest absolute Gasteiger partial charge is 0.313 e. The van der Waals surface area contributed by atoms with Crippen molar-refractivity contribution in [1.82, 2.24) is 4.90 Å². The lowest BCUT2D eigenvalue weighted by molar-refractivity contribution is -0.155. The van der Waals surface area contributed by atoms with E-state index in [-0.39, 0.29) is 19.1 Å². The number of ether oxygens (including phenoxy) is 3. The van der Waals surface area contributed by atoms with Crippen LogP contribution in [0.3, 0.4) is 0 Å². The van der Waals surface area contributed by atoms with Crippen LogP contribution in [0.4, 0.5) is 0 Å². The van der Waals surface area contributed by atoms with E-state index in [0.717, 1.165) is 0 Å². The van der Waals surface area contributed by atoms with Crippen molar-refractivity contribution < 1.29 is 28.9 Å². The minimum atomic E-state index is -1.06. The molecule has 0 radical (unpaired) electrons. The molecular weight excluding hydrogens is 326 g/mol. The second-order valence-corrected chi connectivity index (χ2v) is 6.19. The summed E-state index contributed by atoms with van der Waals surface area (Å²) in [6, 6.07) is 6.98.